The fourth-order valence-electron chi connectivity index (χ4n) is 4.33. The van der Waals surface area contributed by atoms with Crippen LogP contribution in [0.3, 0.4) is 0 Å². The SMILES string of the molecule is FC(F)(F)Sc1cccc(-c2ccc(-c3ccc(CN4CCOCC4)nc3)c3ccccc23)c1. The lowest BCUT2D eigenvalue weighted by atomic mass is 9.92. The van der Waals surface area contributed by atoms with Crippen molar-refractivity contribution in [3.8, 4) is 22.3 Å². The van der Waals surface area contributed by atoms with Crippen LogP contribution >= 0.6 is 11.8 Å². The number of hydrogen-bond donors (Lipinski definition) is 0. The molecule has 5 rings (SSSR count). The fraction of sp³-hybridized carbons (Fsp3) is 0.222. The second-order valence-corrected chi connectivity index (χ2v) is 9.35. The summed E-state index contributed by atoms with van der Waals surface area (Å²) >= 11 is -0.0900. The molecule has 174 valence electrons. The molecule has 0 aliphatic carbocycles. The lowest BCUT2D eigenvalue weighted by molar-refractivity contribution is -0.0328. The third-order valence-corrected chi connectivity index (χ3v) is 6.65. The monoisotopic (exact) mass is 480 g/mol. The number of halogens is 3. The van der Waals surface area contributed by atoms with Crippen LogP contribution in [0.1, 0.15) is 5.69 Å². The van der Waals surface area contributed by atoms with Crippen molar-refractivity contribution in [3.63, 3.8) is 0 Å². The van der Waals surface area contributed by atoms with Gasteiger partial charge in [0, 0.05) is 36.3 Å². The number of hydrogen-bond acceptors (Lipinski definition) is 4. The maximum absolute atomic E-state index is 12.9. The molecule has 0 bridgehead atoms. The van der Waals surface area contributed by atoms with E-state index >= 15 is 0 Å². The first-order chi connectivity index (χ1) is 16.5. The normalized spacial score (nSPS) is 15.0. The van der Waals surface area contributed by atoms with Gasteiger partial charge in [-0.25, -0.2) is 0 Å². The van der Waals surface area contributed by atoms with Crippen LogP contribution in [0.25, 0.3) is 33.0 Å². The quantitative estimate of drug-likeness (QED) is 0.287. The van der Waals surface area contributed by atoms with Crippen LogP contribution < -0.4 is 0 Å². The Morgan fingerprint density at radius 3 is 2.18 bits per heavy atom. The molecule has 4 aromatic rings. The van der Waals surface area contributed by atoms with Crippen molar-refractivity contribution in [2.45, 2.75) is 16.9 Å². The average molecular weight is 481 g/mol. The Kier molecular flexibility index (Phi) is 6.59. The van der Waals surface area contributed by atoms with Crippen LogP contribution in [0, 0.1) is 0 Å². The smallest absolute Gasteiger partial charge is 0.379 e. The fourth-order valence-corrected chi connectivity index (χ4v) is 4.93. The molecule has 0 N–H and O–H groups in total. The molecule has 0 saturated carbocycles. The van der Waals surface area contributed by atoms with Crippen molar-refractivity contribution in [1.82, 2.24) is 9.88 Å². The van der Waals surface area contributed by atoms with Crippen LogP contribution in [0.15, 0.2) is 83.9 Å². The average Bonchev–Trinajstić information content (AvgIpc) is 2.84. The van der Waals surface area contributed by atoms with Crippen molar-refractivity contribution >= 4 is 22.5 Å². The van der Waals surface area contributed by atoms with E-state index in [1.54, 1.807) is 12.1 Å². The largest absolute Gasteiger partial charge is 0.446 e. The van der Waals surface area contributed by atoms with Gasteiger partial charge in [0.1, 0.15) is 0 Å². The summed E-state index contributed by atoms with van der Waals surface area (Å²) in [5.41, 5.74) is 0.425. The van der Waals surface area contributed by atoms with Crippen molar-refractivity contribution in [3.05, 3.63) is 84.7 Å². The zero-order valence-corrected chi connectivity index (χ0v) is 19.2. The second-order valence-electron chi connectivity index (χ2n) is 8.21. The predicted octanol–water partition coefficient (Wildman–Crippen LogP) is 7.01. The molecular formula is C27H23F3N2OS. The first-order valence-corrected chi connectivity index (χ1v) is 11.9. The minimum Gasteiger partial charge on any atom is -0.379 e. The van der Waals surface area contributed by atoms with Gasteiger partial charge in [0.25, 0.3) is 0 Å². The Morgan fingerprint density at radius 2 is 1.53 bits per heavy atom. The van der Waals surface area contributed by atoms with E-state index in [9.17, 15) is 13.2 Å². The van der Waals surface area contributed by atoms with Gasteiger partial charge in [-0.1, -0.05) is 54.6 Å². The highest BCUT2D eigenvalue weighted by atomic mass is 32.2. The maximum atomic E-state index is 12.9. The number of aromatic nitrogens is 1. The number of thioether (sulfide) groups is 1. The van der Waals surface area contributed by atoms with Gasteiger partial charge in [0.05, 0.1) is 18.9 Å². The molecule has 1 aliphatic heterocycles. The highest BCUT2D eigenvalue weighted by molar-refractivity contribution is 8.00. The van der Waals surface area contributed by atoms with E-state index in [-0.39, 0.29) is 16.7 Å². The van der Waals surface area contributed by atoms with E-state index in [0.29, 0.717) is 0 Å². The summed E-state index contributed by atoms with van der Waals surface area (Å²) in [6.45, 7) is 4.15. The van der Waals surface area contributed by atoms with Crippen LogP contribution in [0.2, 0.25) is 0 Å². The standard InChI is InChI=1S/C27H23F3N2OS/c28-27(29,30)34-22-5-3-4-19(16-22)23-10-11-24(26-7-2-1-6-25(23)26)20-8-9-21(31-17-20)18-32-12-14-33-15-13-32/h1-11,16-17H,12-15,18H2. The Labute approximate surface area is 200 Å². The highest BCUT2D eigenvalue weighted by Crippen LogP contribution is 2.40. The van der Waals surface area contributed by atoms with Gasteiger partial charge in [0.2, 0.25) is 0 Å². The molecule has 34 heavy (non-hydrogen) atoms. The first kappa shape index (κ1) is 22.9. The van der Waals surface area contributed by atoms with Crippen molar-refractivity contribution in [2.75, 3.05) is 26.3 Å². The minimum absolute atomic E-state index is 0.0900. The van der Waals surface area contributed by atoms with Gasteiger partial charge < -0.3 is 4.74 Å². The molecule has 1 fully saturated rings. The second kappa shape index (κ2) is 9.78. The molecule has 3 nitrogen and oxygen atoms in total. The zero-order chi connectivity index (χ0) is 23.5. The van der Waals surface area contributed by atoms with E-state index in [1.165, 1.54) is 6.07 Å². The highest BCUT2D eigenvalue weighted by Gasteiger charge is 2.29. The summed E-state index contributed by atoms with van der Waals surface area (Å²) in [6.07, 6.45) is 1.90. The number of pyridine rings is 1. The number of benzene rings is 3. The van der Waals surface area contributed by atoms with Crippen LogP contribution in [-0.2, 0) is 11.3 Å². The zero-order valence-electron chi connectivity index (χ0n) is 18.4. The minimum atomic E-state index is -4.31. The summed E-state index contributed by atoms with van der Waals surface area (Å²) in [5, 5.41) is 2.03. The Hall–Kier alpha value is -2.87. The molecule has 1 aromatic heterocycles. The molecule has 0 unspecified atom stereocenters. The first-order valence-electron chi connectivity index (χ1n) is 11.1. The van der Waals surface area contributed by atoms with E-state index in [4.69, 9.17) is 9.72 Å². The topological polar surface area (TPSA) is 25.4 Å². The number of ether oxygens (including phenoxy) is 1. The summed E-state index contributed by atoms with van der Waals surface area (Å²) in [6, 6.07) is 22.8. The molecule has 7 heteroatoms. The Morgan fingerprint density at radius 1 is 0.824 bits per heavy atom. The van der Waals surface area contributed by atoms with E-state index in [0.717, 1.165) is 71.6 Å². The molecule has 2 heterocycles. The molecule has 0 atom stereocenters. The third-order valence-electron chi connectivity index (χ3n) is 5.93. The summed E-state index contributed by atoms with van der Waals surface area (Å²) in [5.74, 6) is 0. The predicted molar refractivity (Wildman–Crippen MR) is 131 cm³/mol. The Balaban J connectivity index is 1.47. The van der Waals surface area contributed by atoms with Crippen LogP contribution in [0.5, 0.6) is 0 Å². The van der Waals surface area contributed by atoms with Gasteiger partial charge in [-0.05, 0) is 57.4 Å². The summed E-state index contributed by atoms with van der Waals surface area (Å²) in [4.78, 5) is 7.20. The van der Waals surface area contributed by atoms with Gasteiger partial charge in [-0.15, -0.1) is 0 Å². The van der Waals surface area contributed by atoms with E-state index in [2.05, 4.69) is 17.0 Å². The third kappa shape index (κ3) is 5.27. The number of morpholine rings is 1. The molecule has 1 saturated heterocycles. The molecular weight excluding hydrogens is 457 g/mol. The molecule has 0 amide bonds. The number of nitrogens with zero attached hydrogens (tertiary/aromatic N) is 2. The van der Waals surface area contributed by atoms with Gasteiger partial charge >= 0.3 is 5.51 Å². The number of alkyl halides is 3. The van der Waals surface area contributed by atoms with E-state index in [1.807, 2.05) is 48.7 Å². The van der Waals surface area contributed by atoms with Crippen molar-refractivity contribution in [2.24, 2.45) is 0 Å². The lowest BCUT2D eigenvalue weighted by Gasteiger charge is -2.26. The van der Waals surface area contributed by atoms with Crippen LogP contribution in [0.4, 0.5) is 13.2 Å². The molecule has 1 aliphatic rings. The van der Waals surface area contributed by atoms with Gasteiger partial charge in [-0.2, -0.15) is 13.2 Å². The van der Waals surface area contributed by atoms with Crippen LogP contribution in [-0.4, -0.2) is 41.7 Å². The van der Waals surface area contributed by atoms with Crippen molar-refractivity contribution < 1.29 is 17.9 Å². The number of fused-ring (bicyclic) bond motifs is 1. The summed E-state index contributed by atoms with van der Waals surface area (Å²) < 4.78 is 44.0. The molecule has 3 aromatic carbocycles. The maximum Gasteiger partial charge on any atom is 0.446 e. The number of rotatable bonds is 5. The Bertz CT molecular complexity index is 1290. The van der Waals surface area contributed by atoms with Crippen molar-refractivity contribution in [1.29, 1.82) is 0 Å². The molecule has 0 radical (unpaired) electrons. The van der Waals surface area contributed by atoms with Gasteiger partial charge in [-0.3, -0.25) is 9.88 Å². The van der Waals surface area contributed by atoms with E-state index < -0.39 is 5.51 Å². The lowest BCUT2D eigenvalue weighted by Crippen LogP contribution is -2.35. The van der Waals surface area contributed by atoms with Gasteiger partial charge in [0.15, 0.2) is 0 Å². The molecule has 0 spiro atoms. The summed E-state index contributed by atoms with van der Waals surface area (Å²) in [7, 11) is 0.